The molecule has 1 aromatic heterocycles. The summed E-state index contributed by atoms with van der Waals surface area (Å²) in [4.78, 5) is 38.9. The van der Waals surface area contributed by atoms with Crippen molar-refractivity contribution in [2.75, 3.05) is 25.6 Å². The van der Waals surface area contributed by atoms with Gasteiger partial charge in [-0.1, -0.05) is 54.2 Å². The van der Waals surface area contributed by atoms with Crippen molar-refractivity contribution in [3.63, 3.8) is 0 Å². The second-order valence-electron chi connectivity index (χ2n) is 15.0. The monoisotopic (exact) mass is 724 g/mol. The number of nitrogens with one attached hydrogen (secondary N) is 1. The van der Waals surface area contributed by atoms with Gasteiger partial charge in [0.05, 0.1) is 34.9 Å². The number of carboxylic acids is 1. The summed E-state index contributed by atoms with van der Waals surface area (Å²) < 4.78 is 13.7. The first-order valence-corrected chi connectivity index (χ1v) is 19.1. The van der Waals surface area contributed by atoms with E-state index in [-0.39, 0.29) is 42.0 Å². The highest BCUT2D eigenvalue weighted by Crippen LogP contribution is 2.47. The van der Waals surface area contributed by atoms with Gasteiger partial charge in [-0.3, -0.25) is 14.4 Å². The molecule has 2 aromatic carbocycles. The fourth-order valence-corrected chi connectivity index (χ4v) is 9.41. The largest absolute Gasteiger partial charge is 0.481 e. The maximum Gasteiger partial charge on any atom is 0.306 e. The molecular weight excluding hydrogens is 675 g/mol. The van der Waals surface area contributed by atoms with Gasteiger partial charge in [-0.2, -0.15) is 0 Å². The number of aryl methyl sites for hydroxylation is 1. The van der Waals surface area contributed by atoms with Crippen LogP contribution in [0.3, 0.4) is 0 Å². The van der Waals surface area contributed by atoms with Crippen molar-refractivity contribution in [1.82, 2.24) is 4.57 Å². The van der Waals surface area contributed by atoms with Crippen LogP contribution in [0.2, 0.25) is 10.0 Å². The van der Waals surface area contributed by atoms with Crippen LogP contribution < -0.4 is 5.32 Å². The van der Waals surface area contributed by atoms with Crippen LogP contribution in [0.15, 0.2) is 42.6 Å². The van der Waals surface area contributed by atoms with E-state index in [4.69, 9.17) is 32.7 Å². The zero-order chi connectivity index (χ0) is 35.4. The summed E-state index contributed by atoms with van der Waals surface area (Å²) in [6.07, 6.45) is 12.5. The molecule has 270 valence electrons. The average molecular weight is 726 g/mol. The van der Waals surface area contributed by atoms with Crippen molar-refractivity contribution in [2.24, 2.45) is 42.6 Å². The van der Waals surface area contributed by atoms with Crippen LogP contribution in [0.1, 0.15) is 86.6 Å². The molecule has 6 rings (SSSR count). The Morgan fingerprint density at radius 1 is 0.940 bits per heavy atom. The quantitative estimate of drug-likeness (QED) is 0.182. The summed E-state index contributed by atoms with van der Waals surface area (Å²) in [5.74, 6) is 0.653. The predicted octanol–water partition coefficient (Wildman–Crippen LogP) is 8.99. The maximum absolute atomic E-state index is 14.1. The summed E-state index contributed by atoms with van der Waals surface area (Å²) in [6.45, 7) is 1.33. The first kappa shape index (κ1) is 36.9. The Morgan fingerprint density at radius 3 is 2.40 bits per heavy atom. The molecule has 3 aliphatic rings. The molecule has 3 aliphatic carbocycles. The molecule has 10 heteroatoms. The minimum absolute atomic E-state index is 0.0431. The van der Waals surface area contributed by atoms with Gasteiger partial charge in [0.2, 0.25) is 0 Å². The van der Waals surface area contributed by atoms with Crippen LogP contribution in [0, 0.1) is 35.5 Å². The molecule has 0 bridgehead atoms. The average Bonchev–Trinajstić information content (AvgIpc) is 3.70. The number of benzene rings is 2. The van der Waals surface area contributed by atoms with Gasteiger partial charge in [0.25, 0.3) is 5.91 Å². The molecule has 3 aromatic rings. The van der Waals surface area contributed by atoms with Gasteiger partial charge in [0.15, 0.2) is 0 Å². The molecule has 0 saturated heterocycles. The van der Waals surface area contributed by atoms with Crippen LogP contribution in [0.25, 0.3) is 10.9 Å². The van der Waals surface area contributed by atoms with Crippen LogP contribution >= 0.6 is 23.2 Å². The molecule has 3 saturated carbocycles. The number of fused-ring (bicyclic) bond motifs is 1. The van der Waals surface area contributed by atoms with Crippen molar-refractivity contribution in [2.45, 2.75) is 83.2 Å². The van der Waals surface area contributed by atoms with Crippen LogP contribution in [-0.4, -0.2) is 53.8 Å². The molecule has 1 amide bonds. The Hall–Kier alpha value is -2.91. The SMILES string of the molecule is COCCC1CCC([C@@H]2CC(C(=O)Cc3cc(Cl)c(NC(=O)c4cn(C)c5ccccc45)cc3Cl)[C@H](CO[C@H]3CC[C@H](C(=O)O)CC3)C2)CC1. The second kappa shape index (κ2) is 16.6. The number of hydrogen-bond donors (Lipinski definition) is 2. The molecule has 1 heterocycles. The number of para-hydroxylation sites is 1. The predicted molar refractivity (Wildman–Crippen MR) is 197 cm³/mol. The van der Waals surface area contributed by atoms with Crippen molar-refractivity contribution in [1.29, 1.82) is 0 Å². The zero-order valence-corrected chi connectivity index (χ0v) is 30.7. The Bertz CT molecular complexity index is 1670. The van der Waals surface area contributed by atoms with Crippen molar-refractivity contribution < 1.29 is 29.0 Å². The molecule has 50 heavy (non-hydrogen) atoms. The Labute approximate surface area is 305 Å². The number of Topliss-reactive ketones (excluding diaryl/α,β-unsaturated/α-hetero) is 1. The molecule has 3 atom stereocenters. The molecule has 0 radical (unpaired) electrons. The number of halogens is 2. The Balaban J connectivity index is 1.12. The van der Waals surface area contributed by atoms with Crippen molar-refractivity contribution >= 4 is 57.5 Å². The number of carbonyl (C=O) groups is 3. The first-order chi connectivity index (χ1) is 24.1. The number of hydrogen-bond acceptors (Lipinski definition) is 5. The lowest BCUT2D eigenvalue weighted by atomic mass is 9.74. The molecule has 0 spiro atoms. The highest BCUT2D eigenvalue weighted by molar-refractivity contribution is 6.36. The van der Waals surface area contributed by atoms with Gasteiger partial charge in [-0.05, 0) is 105 Å². The van der Waals surface area contributed by atoms with E-state index < -0.39 is 5.97 Å². The Morgan fingerprint density at radius 2 is 1.68 bits per heavy atom. The molecule has 8 nitrogen and oxygen atoms in total. The number of anilines is 1. The van der Waals surface area contributed by atoms with Gasteiger partial charge in [-0.15, -0.1) is 0 Å². The molecule has 2 N–H and O–H groups in total. The number of methoxy groups -OCH3 is 1. The van der Waals surface area contributed by atoms with Gasteiger partial charge in [0.1, 0.15) is 5.78 Å². The van der Waals surface area contributed by atoms with Crippen LogP contribution in [-0.2, 0) is 32.5 Å². The lowest BCUT2D eigenvalue weighted by molar-refractivity contribution is -0.144. The highest BCUT2D eigenvalue weighted by atomic mass is 35.5. The normalized spacial score (nSPS) is 27.0. The van der Waals surface area contributed by atoms with E-state index in [2.05, 4.69) is 5.32 Å². The lowest BCUT2D eigenvalue weighted by Gasteiger charge is -2.32. The zero-order valence-electron chi connectivity index (χ0n) is 29.2. The number of nitrogens with zero attached hydrogens (tertiary/aromatic N) is 1. The first-order valence-electron chi connectivity index (χ1n) is 18.3. The summed E-state index contributed by atoms with van der Waals surface area (Å²) in [7, 11) is 3.67. The number of aromatic nitrogens is 1. The minimum Gasteiger partial charge on any atom is -0.481 e. The number of rotatable bonds is 13. The highest BCUT2D eigenvalue weighted by Gasteiger charge is 2.42. The smallest absolute Gasteiger partial charge is 0.306 e. The number of carbonyl (C=O) groups excluding carboxylic acids is 2. The summed E-state index contributed by atoms with van der Waals surface area (Å²) in [5.41, 5.74) is 2.54. The van der Waals surface area contributed by atoms with E-state index in [1.165, 1.54) is 25.7 Å². The van der Waals surface area contributed by atoms with Gasteiger partial charge < -0.3 is 24.5 Å². The van der Waals surface area contributed by atoms with E-state index in [1.807, 2.05) is 35.9 Å². The van der Waals surface area contributed by atoms with E-state index in [9.17, 15) is 19.5 Å². The number of amides is 1. The van der Waals surface area contributed by atoms with Crippen LogP contribution in [0.5, 0.6) is 0 Å². The van der Waals surface area contributed by atoms with Crippen molar-refractivity contribution in [3.05, 3.63) is 63.8 Å². The minimum atomic E-state index is -0.719. The lowest BCUT2D eigenvalue weighted by Crippen LogP contribution is -2.30. The van der Waals surface area contributed by atoms with Gasteiger partial charge in [-0.25, -0.2) is 0 Å². The van der Waals surface area contributed by atoms with Gasteiger partial charge >= 0.3 is 5.97 Å². The molecule has 1 unspecified atom stereocenters. The summed E-state index contributed by atoms with van der Waals surface area (Å²) >= 11 is 13.5. The number of ether oxygens (including phenoxy) is 2. The Kier molecular flexibility index (Phi) is 12.3. The third-order valence-electron chi connectivity index (χ3n) is 11.9. The molecular formula is C40H50Cl2N2O6. The van der Waals surface area contributed by atoms with E-state index >= 15 is 0 Å². The molecule has 0 aliphatic heterocycles. The number of carboxylic acid groups (broad SMARTS) is 1. The molecule has 3 fully saturated rings. The number of aliphatic carboxylic acids is 1. The van der Waals surface area contributed by atoms with E-state index in [0.29, 0.717) is 58.1 Å². The van der Waals surface area contributed by atoms with E-state index in [0.717, 1.165) is 55.5 Å². The van der Waals surface area contributed by atoms with E-state index in [1.54, 1.807) is 25.4 Å². The summed E-state index contributed by atoms with van der Waals surface area (Å²) in [5, 5.41) is 13.9. The fourth-order valence-electron chi connectivity index (χ4n) is 8.95. The summed E-state index contributed by atoms with van der Waals surface area (Å²) in [6, 6.07) is 11.1. The maximum atomic E-state index is 14.1. The fraction of sp³-hybridized carbons (Fsp3) is 0.575. The topological polar surface area (TPSA) is 107 Å². The van der Waals surface area contributed by atoms with Crippen LogP contribution in [0.4, 0.5) is 5.69 Å². The number of ketones is 1. The third-order valence-corrected chi connectivity index (χ3v) is 12.6. The van der Waals surface area contributed by atoms with Gasteiger partial charge in [0, 0.05) is 55.2 Å². The van der Waals surface area contributed by atoms with Crippen molar-refractivity contribution in [3.8, 4) is 0 Å². The second-order valence-corrected chi connectivity index (χ2v) is 15.8. The third kappa shape index (κ3) is 8.58. The standard InChI is InChI=1S/C40H50Cl2N2O6/c1-44-22-33(31-5-3-4-6-37(31)44)39(46)43-36-21-34(41)28(19-35(36)42)20-38(45)32-18-27(25-9-7-24(8-10-25)15-16-49-2)17-29(32)23-50-30-13-11-26(12-14-30)40(47)48/h3-6,19,21-22,24-27,29-30,32H,7-18,20,23H2,1-2H3,(H,43,46)(H,47,48)/t24?,25?,26-,27-,29-,30-,32?/m0/s1.